The van der Waals surface area contributed by atoms with Gasteiger partial charge < -0.3 is 10.2 Å². The molecular weight excluding hydrogens is 290 g/mol. The molecule has 0 aliphatic rings. The van der Waals surface area contributed by atoms with E-state index in [4.69, 9.17) is 4.98 Å². The predicted molar refractivity (Wildman–Crippen MR) is 84.8 cm³/mol. The number of rotatable bonds is 5. The lowest BCUT2D eigenvalue weighted by molar-refractivity contribution is 0.773. The minimum atomic E-state index is 0.805. The molecule has 0 atom stereocenters. The molecule has 0 amide bonds. The van der Waals surface area contributed by atoms with E-state index in [0.717, 1.165) is 29.6 Å². The molecule has 3 aromatic rings. The molecule has 7 heteroatoms. The van der Waals surface area contributed by atoms with Crippen molar-refractivity contribution in [3.8, 4) is 0 Å². The van der Waals surface area contributed by atoms with Crippen molar-refractivity contribution in [2.75, 3.05) is 19.0 Å². The van der Waals surface area contributed by atoms with Gasteiger partial charge in [0.15, 0.2) is 10.8 Å². The largest absolute Gasteiger partial charge is 0.353 e. The molecular formula is C13H17N5S2. The Bertz CT molecular complexity index is 711. The number of aryl methyl sites for hydroxylation is 1. The van der Waals surface area contributed by atoms with Crippen molar-refractivity contribution >= 4 is 33.5 Å². The molecule has 0 saturated heterocycles. The van der Waals surface area contributed by atoms with Gasteiger partial charge in [-0.1, -0.05) is 0 Å². The fraction of sp³-hybridized carbons (Fsp3) is 0.385. The molecule has 0 spiro atoms. The van der Waals surface area contributed by atoms with Crippen LogP contribution in [0.3, 0.4) is 0 Å². The van der Waals surface area contributed by atoms with E-state index in [1.807, 2.05) is 12.6 Å². The summed E-state index contributed by atoms with van der Waals surface area (Å²) in [7, 11) is 4.05. The quantitative estimate of drug-likeness (QED) is 0.787. The summed E-state index contributed by atoms with van der Waals surface area (Å²) in [5, 5.41) is 5.29. The van der Waals surface area contributed by atoms with E-state index in [9.17, 15) is 0 Å². The number of aromatic nitrogens is 3. The highest BCUT2D eigenvalue weighted by Gasteiger charge is 2.17. The summed E-state index contributed by atoms with van der Waals surface area (Å²) < 4.78 is 2.16. The molecule has 3 aromatic heterocycles. The summed E-state index contributed by atoms with van der Waals surface area (Å²) in [6.07, 6.45) is 2.08. The number of nitrogens with one attached hydrogen (secondary N) is 1. The minimum absolute atomic E-state index is 0.805. The van der Waals surface area contributed by atoms with Crippen molar-refractivity contribution < 1.29 is 0 Å². The van der Waals surface area contributed by atoms with E-state index >= 15 is 0 Å². The van der Waals surface area contributed by atoms with Crippen LogP contribution in [0.4, 0.5) is 5.82 Å². The van der Waals surface area contributed by atoms with Gasteiger partial charge >= 0.3 is 0 Å². The molecule has 0 unspecified atom stereocenters. The van der Waals surface area contributed by atoms with Crippen molar-refractivity contribution in [2.45, 2.75) is 20.0 Å². The van der Waals surface area contributed by atoms with E-state index in [1.165, 1.54) is 10.6 Å². The first-order valence-corrected chi connectivity index (χ1v) is 8.15. The second-order valence-electron chi connectivity index (χ2n) is 4.69. The second kappa shape index (κ2) is 5.51. The highest BCUT2D eigenvalue weighted by Crippen LogP contribution is 2.26. The molecule has 3 rings (SSSR count). The average molecular weight is 307 g/mol. The van der Waals surface area contributed by atoms with Gasteiger partial charge in [0.05, 0.1) is 23.4 Å². The van der Waals surface area contributed by atoms with Gasteiger partial charge in [0.1, 0.15) is 0 Å². The third-order valence-electron chi connectivity index (χ3n) is 3.27. The Kier molecular flexibility index (Phi) is 3.73. The van der Waals surface area contributed by atoms with Gasteiger partial charge in [0.25, 0.3) is 0 Å². The van der Waals surface area contributed by atoms with Gasteiger partial charge in [-0.15, -0.1) is 22.7 Å². The highest BCUT2D eigenvalue weighted by molar-refractivity contribution is 7.15. The van der Waals surface area contributed by atoms with Crippen LogP contribution in [0.2, 0.25) is 0 Å². The zero-order valence-corrected chi connectivity index (χ0v) is 13.4. The Morgan fingerprint density at radius 1 is 1.40 bits per heavy atom. The first kappa shape index (κ1) is 13.5. The zero-order valence-electron chi connectivity index (χ0n) is 11.8. The summed E-state index contributed by atoms with van der Waals surface area (Å²) in [6, 6.07) is 0. The normalized spacial score (nSPS) is 11.3. The van der Waals surface area contributed by atoms with Crippen LogP contribution in [0.25, 0.3) is 4.96 Å². The second-order valence-corrected chi connectivity index (χ2v) is 6.50. The number of hydrogen-bond donors (Lipinski definition) is 1. The fourth-order valence-corrected chi connectivity index (χ4v) is 3.78. The summed E-state index contributed by atoms with van der Waals surface area (Å²) in [5.41, 5.74) is 4.21. The van der Waals surface area contributed by atoms with Crippen molar-refractivity contribution in [1.29, 1.82) is 0 Å². The average Bonchev–Trinajstić information content (AvgIpc) is 3.09. The predicted octanol–water partition coefficient (Wildman–Crippen LogP) is 2.52. The van der Waals surface area contributed by atoms with Crippen LogP contribution in [-0.4, -0.2) is 28.5 Å². The maximum Gasteiger partial charge on any atom is 0.195 e. The molecule has 0 radical (unpaired) electrons. The molecule has 0 aliphatic heterocycles. The molecule has 0 saturated carbocycles. The van der Waals surface area contributed by atoms with Gasteiger partial charge in [0.2, 0.25) is 0 Å². The van der Waals surface area contributed by atoms with E-state index in [2.05, 4.69) is 45.1 Å². The van der Waals surface area contributed by atoms with Crippen LogP contribution < -0.4 is 10.2 Å². The third-order valence-corrected chi connectivity index (χ3v) is 4.95. The number of anilines is 1. The third kappa shape index (κ3) is 2.32. The van der Waals surface area contributed by atoms with Crippen LogP contribution in [0.1, 0.15) is 16.3 Å². The lowest BCUT2D eigenvalue weighted by Gasteiger charge is -2.17. The summed E-state index contributed by atoms with van der Waals surface area (Å²) in [5.74, 6) is 1.04. The Morgan fingerprint density at radius 2 is 2.25 bits per heavy atom. The van der Waals surface area contributed by atoms with Crippen LogP contribution in [0.15, 0.2) is 17.1 Å². The maximum atomic E-state index is 4.75. The Labute approximate surface area is 125 Å². The molecule has 0 aromatic carbocycles. The molecule has 106 valence electrons. The van der Waals surface area contributed by atoms with Crippen LogP contribution in [0.5, 0.6) is 0 Å². The monoisotopic (exact) mass is 307 g/mol. The van der Waals surface area contributed by atoms with E-state index in [1.54, 1.807) is 22.7 Å². The SMILES string of the molecule is CNCc1c(N(C)Cc2scnc2C)nc2sccn12. The summed E-state index contributed by atoms with van der Waals surface area (Å²) in [4.78, 5) is 13.6. The Balaban J connectivity index is 1.94. The van der Waals surface area contributed by atoms with Gasteiger partial charge in [-0.3, -0.25) is 4.40 Å². The highest BCUT2D eigenvalue weighted by atomic mass is 32.1. The zero-order chi connectivity index (χ0) is 14.1. The van der Waals surface area contributed by atoms with Gasteiger partial charge in [-0.2, -0.15) is 0 Å². The maximum absolute atomic E-state index is 4.75. The van der Waals surface area contributed by atoms with E-state index in [0.29, 0.717) is 0 Å². The first-order valence-electron chi connectivity index (χ1n) is 6.40. The van der Waals surface area contributed by atoms with Gasteiger partial charge in [-0.25, -0.2) is 9.97 Å². The minimum Gasteiger partial charge on any atom is -0.353 e. The van der Waals surface area contributed by atoms with Crippen LogP contribution in [-0.2, 0) is 13.1 Å². The van der Waals surface area contributed by atoms with Crippen molar-refractivity contribution in [3.63, 3.8) is 0 Å². The summed E-state index contributed by atoms with van der Waals surface area (Å²) in [6.45, 7) is 3.71. The van der Waals surface area contributed by atoms with Crippen molar-refractivity contribution in [2.24, 2.45) is 0 Å². The number of nitrogens with zero attached hydrogens (tertiary/aromatic N) is 4. The van der Waals surface area contributed by atoms with E-state index < -0.39 is 0 Å². The van der Waals surface area contributed by atoms with E-state index in [-0.39, 0.29) is 0 Å². The topological polar surface area (TPSA) is 45.5 Å². The Morgan fingerprint density at radius 3 is 2.95 bits per heavy atom. The molecule has 0 aliphatic carbocycles. The Hall–Kier alpha value is -1.44. The summed E-state index contributed by atoms with van der Waals surface area (Å²) >= 11 is 3.36. The van der Waals surface area contributed by atoms with Crippen molar-refractivity contribution in [3.05, 3.63) is 33.4 Å². The molecule has 20 heavy (non-hydrogen) atoms. The number of fused-ring (bicyclic) bond motifs is 1. The fourth-order valence-electron chi connectivity index (χ4n) is 2.23. The molecule has 0 bridgehead atoms. The lowest BCUT2D eigenvalue weighted by Crippen LogP contribution is -2.20. The van der Waals surface area contributed by atoms with Gasteiger partial charge in [0, 0.05) is 30.0 Å². The number of hydrogen-bond acceptors (Lipinski definition) is 6. The van der Waals surface area contributed by atoms with Crippen LogP contribution in [0, 0.1) is 6.92 Å². The van der Waals surface area contributed by atoms with Crippen molar-refractivity contribution in [1.82, 2.24) is 19.7 Å². The molecule has 5 nitrogen and oxygen atoms in total. The van der Waals surface area contributed by atoms with Gasteiger partial charge in [-0.05, 0) is 14.0 Å². The molecule has 3 heterocycles. The molecule has 0 fully saturated rings. The van der Waals surface area contributed by atoms with Crippen LogP contribution >= 0.6 is 22.7 Å². The number of thiazole rings is 2. The standard InChI is InChI=1S/C13H17N5S2/c1-9-11(20-8-15-9)7-17(3)12-10(6-14-2)18-4-5-19-13(18)16-12/h4-5,8,14H,6-7H2,1-3H3. The molecule has 1 N–H and O–H groups in total. The first-order chi connectivity index (χ1) is 9.70. The lowest BCUT2D eigenvalue weighted by atomic mass is 10.3. The smallest absolute Gasteiger partial charge is 0.195 e. The number of imidazole rings is 1.